The molecule has 0 unspecified atom stereocenters. The minimum absolute atomic E-state index is 0.916. The van der Waals surface area contributed by atoms with E-state index in [0.717, 1.165) is 18.8 Å². The highest BCUT2D eigenvalue weighted by molar-refractivity contribution is 5.26. The SMILES string of the molecule is CCCNCc1ccc(OC)cc1. The maximum absolute atomic E-state index is 5.07. The van der Waals surface area contributed by atoms with Crippen molar-refractivity contribution in [3.8, 4) is 5.75 Å². The largest absolute Gasteiger partial charge is 0.497 e. The van der Waals surface area contributed by atoms with Crippen LogP contribution in [0.25, 0.3) is 0 Å². The van der Waals surface area contributed by atoms with E-state index in [1.165, 1.54) is 12.0 Å². The zero-order valence-electron chi connectivity index (χ0n) is 8.34. The van der Waals surface area contributed by atoms with Gasteiger partial charge in [-0.15, -0.1) is 0 Å². The van der Waals surface area contributed by atoms with E-state index in [1.807, 2.05) is 12.1 Å². The van der Waals surface area contributed by atoms with Gasteiger partial charge < -0.3 is 10.1 Å². The topological polar surface area (TPSA) is 21.3 Å². The van der Waals surface area contributed by atoms with Gasteiger partial charge in [-0.1, -0.05) is 19.1 Å². The number of benzene rings is 1. The van der Waals surface area contributed by atoms with Crippen LogP contribution < -0.4 is 10.1 Å². The molecule has 0 atom stereocenters. The predicted octanol–water partition coefficient (Wildman–Crippen LogP) is 2.19. The number of rotatable bonds is 5. The van der Waals surface area contributed by atoms with E-state index in [-0.39, 0.29) is 0 Å². The summed E-state index contributed by atoms with van der Waals surface area (Å²) in [7, 11) is 1.68. The average molecular weight is 179 g/mol. The number of nitrogens with one attached hydrogen (secondary N) is 1. The van der Waals surface area contributed by atoms with Gasteiger partial charge in [0, 0.05) is 6.54 Å². The van der Waals surface area contributed by atoms with Crippen LogP contribution in [-0.2, 0) is 6.54 Å². The lowest BCUT2D eigenvalue weighted by Gasteiger charge is -2.04. The molecule has 2 nitrogen and oxygen atoms in total. The van der Waals surface area contributed by atoms with Crippen molar-refractivity contribution in [3.05, 3.63) is 29.8 Å². The minimum Gasteiger partial charge on any atom is -0.497 e. The highest BCUT2D eigenvalue weighted by atomic mass is 16.5. The number of ether oxygens (including phenoxy) is 1. The van der Waals surface area contributed by atoms with Gasteiger partial charge in [0.05, 0.1) is 7.11 Å². The maximum Gasteiger partial charge on any atom is 0.118 e. The van der Waals surface area contributed by atoms with Crippen molar-refractivity contribution < 1.29 is 4.74 Å². The molecule has 1 N–H and O–H groups in total. The minimum atomic E-state index is 0.916. The van der Waals surface area contributed by atoms with Gasteiger partial charge in [-0.25, -0.2) is 0 Å². The molecule has 0 amide bonds. The highest BCUT2D eigenvalue weighted by Crippen LogP contribution is 2.10. The van der Waals surface area contributed by atoms with Crippen LogP contribution in [0.1, 0.15) is 18.9 Å². The summed E-state index contributed by atoms with van der Waals surface area (Å²) < 4.78 is 5.07. The Hall–Kier alpha value is -1.02. The fourth-order valence-electron chi connectivity index (χ4n) is 1.15. The summed E-state index contributed by atoms with van der Waals surface area (Å²) in [6, 6.07) is 8.15. The molecule has 1 aromatic rings. The Labute approximate surface area is 79.9 Å². The predicted molar refractivity (Wildman–Crippen MR) is 55.0 cm³/mol. The molecule has 0 radical (unpaired) electrons. The van der Waals surface area contributed by atoms with Crippen LogP contribution >= 0.6 is 0 Å². The summed E-state index contributed by atoms with van der Waals surface area (Å²) in [6.07, 6.45) is 1.18. The molecule has 1 rings (SSSR count). The molecule has 0 heterocycles. The van der Waals surface area contributed by atoms with E-state index in [0.29, 0.717) is 0 Å². The fraction of sp³-hybridized carbons (Fsp3) is 0.455. The molecule has 2 heteroatoms. The van der Waals surface area contributed by atoms with Crippen molar-refractivity contribution in [2.45, 2.75) is 19.9 Å². The van der Waals surface area contributed by atoms with Gasteiger partial charge >= 0.3 is 0 Å². The third-order valence-electron chi connectivity index (χ3n) is 1.91. The maximum atomic E-state index is 5.07. The summed E-state index contributed by atoms with van der Waals surface area (Å²) in [5.74, 6) is 0.916. The number of hydrogen-bond donors (Lipinski definition) is 1. The molecule has 13 heavy (non-hydrogen) atoms. The Kier molecular flexibility index (Phi) is 4.33. The van der Waals surface area contributed by atoms with E-state index in [4.69, 9.17) is 4.74 Å². The molecule has 0 aliphatic rings. The van der Waals surface area contributed by atoms with Crippen LogP contribution in [0.3, 0.4) is 0 Å². The van der Waals surface area contributed by atoms with Crippen molar-refractivity contribution >= 4 is 0 Å². The smallest absolute Gasteiger partial charge is 0.118 e. The van der Waals surface area contributed by atoms with E-state index in [9.17, 15) is 0 Å². The van der Waals surface area contributed by atoms with Crippen LogP contribution in [0.5, 0.6) is 5.75 Å². The third-order valence-corrected chi connectivity index (χ3v) is 1.91. The standard InChI is InChI=1S/C11H17NO/c1-3-8-12-9-10-4-6-11(13-2)7-5-10/h4-7,12H,3,8-9H2,1-2H3. The lowest BCUT2D eigenvalue weighted by Crippen LogP contribution is -2.13. The van der Waals surface area contributed by atoms with Gasteiger partial charge in [-0.2, -0.15) is 0 Å². The Morgan fingerprint density at radius 1 is 1.23 bits per heavy atom. The second kappa shape index (κ2) is 5.60. The molecule has 0 saturated heterocycles. The summed E-state index contributed by atoms with van der Waals surface area (Å²) in [5.41, 5.74) is 1.30. The van der Waals surface area contributed by atoms with Crippen LogP contribution in [-0.4, -0.2) is 13.7 Å². The molecular formula is C11H17NO. The quantitative estimate of drug-likeness (QED) is 0.700. The lowest BCUT2D eigenvalue weighted by molar-refractivity contribution is 0.414. The molecular weight excluding hydrogens is 162 g/mol. The molecule has 72 valence electrons. The lowest BCUT2D eigenvalue weighted by atomic mass is 10.2. The molecule has 0 aliphatic carbocycles. The van der Waals surface area contributed by atoms with Gasteiger partial charge in [0.25, 0.3) is 0 Å². The zero-order chi connectivity index (χ0) is 9.52. The fourth-order valence-corrected chi connectivity index (χ4v) is 1.15. The molecule has 0 aromatic heterocycles. The Morgan fingerprint density at radius 2 is 1.92 bits per heavy atom. The highest BCUT2D eigenvalue weighted by Gasteiger charge is 1.92. The molecule has 1 aromatic carbocycles. The van der Waals surface area contributed by atoms with Crippen LogP contribution in [0.4, 0.5) is 0 Å². The van der Waals surface area contributed by atoms with Crippen molar-refractivity contribution in [3.63, 3.8) is 0 Å². The number of hydrogen-bond acceptors (Lipinski definition) is 2. The van der Waals surface area contributed by atoms with Crippen molar-refractivity contribution in [2.24, 2.45) is 0 Å². The van der Waals surface area contributed by atoms with Gasteiger partial charge in [-0.05, 0) is 30.7 Å². The van der Waals surface area contributed by atoms with Crippen molar-refractivity contribution in [1.29, 1.82) is 0 Å². The first kappa shape index (κ1) is 10.1. The molecule has 0 saturated carbocycles. The first-order valence-electron chi connectivity index (χ1n) is 4.70. The van der Waals surface area contributed by atoms with Crippen molar-refractivity contribution in [1.82, 2.24) is 5.32 Å². The van der Waals surface area contributed by atoms with Gasteiger partial charge in [0.15, 0.2) is 0 Å². The summed E-state index contributed by atoms with van der Waals surface area (Å²) >= 11 is 0. The van der Waals surface area contributed by atoms with Crippen LogP contribution in [0.15, 0.2) is 24.3 Å². The Balaban J connectivity index is 2.40. The first-order valence-corrected chi connectivity index (χ1v) is 4.70. The third kappa shape index (κ3) is 3.47. The van der Waals surface area contributed by atoms with Gasteiger partial charge in [0.1, 0.15) is 5.75 Å². The molecule has 0 aliphatic heterocycles. The second-order valence-electron chi connectivity index (χ2n) is 3.02. The van der Waals surface area contributed by atoms with E-state index in [2.05, 4.69) is 24.4 Å². The Morgan fingerprint density at radius 3 is 2.46 bits per heavy atom. The Bertz CT molecular complexity index is 230. The van der Waals surface area contributed by atoms with Crippen LogP contribution in [0, 0.1) is 0 Å². The van der Waals surface area contributed by atoms with E-state index < -0.39 is 0 Å². The summed E-state index contributed by atoms with van der Waals surface area (Å²) in [4.78, 5) is 0. The molecule has 0 spiro atoms. The summed E-state index contributed by atoms with van der Waals surface area (Å²) in [6.45, 7) is 4.19. The molecule has 0 fully saturated rings. The zero-order valence-corrected chi connectivity index (χ0v) is 8.34. The normalized spacial score (nSPS) is 10.0. The first-order chi connectivity index (χ1) is 6.36. The van der Waals surface area contributed by atoms with Gasteiger partial charge in [0.2, 0.25) is 0 Å². The average Bonchev–Trinajstić information content (AvgIpc) is 2.19. The van der Waals surface area contributed by atoms with Crippen LogP contribution in [0.2, 0.25) is 0 Å². The molecule has 0 bridgehead atoms. The van der Waals surface area contributed by atoms with E-state index in [1.54, 1.807) is 7.11 Å². The summed E-state index contributed by atoms with van der Waals surface area (Å²) in [5, 5.41) is 3.35. The van der Waals surface area contributed by atoms with E-state index >= 15 is 0 Å². The second-order valence-corrected chi connectivity index (χ2v) is 3.02. The van der Waals surface area contributed by atoms with Gasteiger partial charge in [-0.3, -0.25) is 0 Å². The monoisotopic (exact) mass is 179 g/mol. The van der Waals surface area contributed by atoms with Crippen molar-refractivity contribution in [2.75, 3.05) is 13.7 Å². The number of methoxy groups -OCH3 is 1.